The van der Waals surface area contributed by atoms with Crippen molar-refractivity contribution in [2.45, 2.75) is 52.7 Å². The van der Waals surface area contributed by atoms with E-state index >= 15 is 0 Å². The smallest absolute Gasteiger partial charge is 0.399 e. The van der Waals surface area contributed by atoms with E-state index in [1.165, 1.54) is 0 Å². The minimum Gasteiger partial charge on any atom is -0.399 e. The fourth-order valence-electron chi connectivity index (χ4n) is 1.54. The lowest BCUT2D eigenvalue weighted by Gasteiger charge is -2.32. The van der Waals surface area contributed by atoms with E-state index in [4.69, 9.17) is 9.31 Å². The van der Waals surface area contributed by atoms with E-state index in [1.807, 2.05) is 54.8 Å². The Kier molecular flexibility index (Phi) is 4.04. The van der Waals surface area contributed by atoms with Crippen molar-refractivity contribution in [3.8, 4) is 0 Å². The van der Waals surface area contributed by atoms with Crippen molar-refractivity contribution in [1.82, 2.24) is 9.78 Å². The monoisotopic (exact) mass is 238 g/mol. The molecular weight excluding hydrogens is 215 g/mol. The number of rotatable bonds is 1. The zero-order valence-electron chi connectivity index (χ0n) is 11.9. The van der Waals surface area contributed by atoms with Crippen LogP contribution in [0, 0.1) is 0 Å². The van der Waals surface area contributed by atoms with Gasteiger partial charge in [-0.3, -0.25) is 4.68 Å². The van der Waals surface area contributed by atoms with Gasteiger partial charge in [0.05, 0.1) is 11.2 Å². The highest BCUT2D eigenvalue weighted by molar-refractivity contribution is 6.61. The molecule has 1 fully saturated rings. The third-order valence-corrected chi connectivity index (χ3v) is 3.25. The van der Waals surface area contributed by atoms with Crippen LogP contribution in [0.1, 0.15) is 41.5 Å². The van der Waals surface area contributed by atoms with Gasteiger partial charge in [0, 0.05) is 24.9 Å². The highest BCUT2D eigenvalue weighted by atomic mass is 16.7. The topological polar surface area (TPSA) is 36.3 Å². The Morgan fingerprint density at radius 2 is 1.59 bits per heavy atom. The third-order valence-electron chi connectivity index (χ3n) is 3.25. The molecule has 5 heteroatoms. The van der Waals surface area contributed by atoms with Gasteiger partial charge >= 0.3 is 7.12 Å². The summed E-state index contributed by atoms with van der Waals surface area (Å²) in [5.74, 6) is 0. The molecule has 4 nitrogen and oxygen atoms in total. The van der Waals surface area contributed by atoms with Crippen LogP contribution in [0.15, 0.2) is 12.4 Å². The zero-order chi connectivity index (χ0) is 13.3. The molecule has 0 unspecified atom stereocenters. The third kappa shape index (κ3) is 2.72. The largest absolute Gasteiger partial charge is 0.498 e. The summed E-state index contributed by atoms with van der Waals surface area (Å²) in [6.07, 6.45) is 3.70. The molecule has 17 heavy (non-hydrogen) atoms. The molecule has 1 aliphatic rings. The van der Waals surface area contributed by atoms with Gasteiger partial charge in [-0.1, -0.05) is 13.8 Å². The predicted octanol–water partition coefficient (Wildman–Crippen LogP) is 1.75. The Balaban J connectivity index is 0.000000686. The van der Waals surface area contributed by atoms with Crippen molar-refractivity contribution in [3.63, 3.8) is 0 Å². The summed E-state index contributed by atoms with van der Waals surface area (Å²) in [4.78, 5) is 0. The van der Waals surface area contributed by atoms with Gasteiger partial charge in [0.15, 0.2) is 0 Å². The van der Waals surface area contributed by atoms with Gasteiger partial charge in [0.25, 0.3) is 0 Å². The van der Waals surface area contributed by atoms with Crippen LogP contribution in [0.2, 0.25) is 0 Å². The van der Waals surface area contributed by atoms with Crippen LogP contribution in [0.3, 0.4) is 0 Å². The van der Waals surface area contributed by atoms with E-state index in [9.17, 15) is 0 Å². The normalized spacial score (nSPS) is 21.0. The van der Waals surface area contributed by atoms with Crippen LogP contribution in [0.4, 0.5) is 0 Å². The molecule has 0 saturated carbocycles. The molecule has 0 radical (unpaired) electrons. The van der Waals surface area contributed by atoms with Crippen LogP contribution < -0.4 is 5.46 Å². The Bertz CT molecular complexity index is 358. The van der Waals surface area contributed by atoms with Gasteiger partial charge in [-0.05, 0) is 27.7 Å². The van der Waals surface area contributed by atoms with E-state index in [2.05, 4.69) is 5.10 Å². The number of aryl methyl sites for hydroxylation is 1. The lowest BCUT2D eigenvalue weighted by Crippen LogP contribution is -2.41. The summed E-state index contributed by atoms with van der Waals surface area (Å²) in [5.41, 5.74) is 0.400. The zero-order valence-corrected chi connectivity index (χ0v) is 11.9. The molecule has 0 aliphatic carbocycles. The second kappa shape index (κ2) is 4.82. The Labute approximate surface area is 104 Å². The number of hydrogen-bond acceptors (Lipinski definition) is 3. The first-order chi connectivity index (χ1) is 7.82. The average molecular weight is 238 g/mol. The summed E-state index contributed by atoms with van der Waals surface area (Å²) < 4.78 is 13.5. The van der Waals surface area contributed by atoms with Crippen LogP contribution in [0.25, 0.3) is 0 Å². The maximum absolute atomic E-state index is 5.89. The van der Waals surface area contributed by atoms with E-state index in [1.54, 1.807) is 10.9 Å². The summed E-state index contributed by atoms with van der Waals surface area (Å²) >= 11 is 0. The van der Waals surface area contributed by atoms with Crippen molar-refractivity contribution < 1.29 is 9.31 Å². The highest BCUT2D eigenvalue weighted by Crippen LogP contribution is 2.36. The second-order valence-corrected chi connectivity index (χ2v) is 5.04. The summed E-state index contributed by atoms with van der Waals surface area (Å²) in [7, 11) is 1.58. The fourth-order valence-corrected chi connectivity index (χ4v) is 1.54. The summed E-state index contributed by atoms with van der Waals surface area (Å²) in [6, 6.07) is 0. The summed E-state index contributed by atoms with van der Waals surface area (Å²) in [5, 5.41) is 4.11. The van der Waals surface area contributed by atoms with Crippen molar-refractivity contribution in [2.24, 2.45) is 7.05 Å². The van der Waals surface area contributed by atoms with E-state index in [0.717, 1.165) is 5.46 Å². The summed E-state index contributed by atoms with van der Waals surface area (Å²) in [6.45, 7) is 12.2. The van der Waals surface area contributed by atoms with Crippen LogP contribution in [-0.4, -0.2) is 28.1 Å². The Morgan fingerprint density at radius 3 is 1.94 bits per heavy atom. The molecule has 1 saturated heterocycles. The first kappa shape index (κ1) is 14.3. The minimum absolute atomic E-state index is 0.284. The number of nitrogens with zero attached hydrogens (tertiary/aromatic N) is 2. The molecule has 0 atom stereocenters. The standard InChI is InChI=1S/C10H17BN2O2.C2H6/c1-9(2)10(3,4)15-11(14-9)8-6-12-13(5)7-8;1-2/h6-7H,1-5H3;1-2H3. The van der Waals surface area contributed by atoms with Crippen LogP contribution in [0.5, 0.6) is 0 Å². The van der Waals surface area contributed by atoms with Gasteiger partial charge in [-0.2, -0.15) is 5.10 Å². The van der Waals surface area contributed by atoms with Crippen molar-refractivity contribution in [3.05, 3.63) is 12.4 Å². The first-order valence-electron chi connectivity index (χ1n) is 6.16. The lowest BCUT2D eigenvalue weighted by molar-refractivity contribution is 0.00578. The molecule has 96 valence electrons. The van der Waals surface area contributed by atoms with Crippen molar-refractivity contribution >= 4 is 12.6 Å². The molecule has 1 aliphatic heterocycles. The Morgan fingerprint density at radius 1 is 1.12 bits per heavy atom. The molecule has 2 rings (SSSR count). The maximum atomic E-state index is 5.89. The van der Waals surface area contributed by atoms with Gasteiger partial charge in [0.1, 0.15) is 0 Å². The molecule has 0 aromatic carbocycles. The number of aromatic nitrogens is 2. The van der Waals surface area contributed by atoms with Crippen molar-refractivity contribution in [1.29, 1.82) is 0 Å². The number of hydrogen-bond donors (Lipinski definition) is 0. The predicted molar refractivity (Wildman–Crippen MR) is 70.3 cm³/mol. The minimum atomic E-state index is -0.302. The molecule has 0 spiro atoms. The highest BCUT2D eigenvalue weighted by Gasteiger charge is 2.52. The fraction of sp³-hybridized carbons (Fsp3) is 0.750. The lowest BCUT2D eigenvalue weighted by atomic mass is 9.82. The molecule has 0 amide bonds. The average Bonchev–Trinajstić information content (AvgIpc) is 2.73. The molecular formula is C12H23BN2O2. The van der Waals surface area contributed by atoms with Crippen LogP contribution in [-0.2, 0) is 16.4 Å². The first-order valence-corrected chi connectivity index (χ1v) is 6.16. The quantitative estimate of drug-likeness (QED) is 0.699. The Hall–Kier alpha value is -0.805. The van der Waals surface area contributed by atoms with Crippen molar-refractivity contribution in [2.75, 3.05) is 0 Å². The van der Waals surface area contributed by atoms with Gasteiger partial charge in [0.2, 0.25) is 0 Å². The molecule has 1 aromatic rings. The molecule has 0 N–H and O–H groups in total. The molecule has 0 bridgehead atoms. The van der Waals surface area contributed by atoms with Gasteiger partial charge < -0.3 is 9.31 Å². The van der Waals surface area contributed by atoms with Gasteiger partial charge in [-0.25, -0.2) is 0 Å². The molecule has 1 aromatic heterocycles. The van der Waals surface area contributed by atoms with E-state index < -0.39 is 0 Å². The maximum Gasteiger partial charge on any atom is 0.498 e. The van der Waals surface area contributed by atoms with E-state index in [-0.39, 0.29) is 18.3 Å². The molecule has 2 heterocycles. The SMILES string of the molecule is CC.Cn1cc(B2OC(C)(C)C(C)(C)O2)cn1. The van der Waals surface area contributed by atoms with Gasteiger partial charge in [-0.15, -0.1) is 0 Å². The second-order valence-electron chi connectivity index (χ2n) is 5.04. The van der Waals surface area contributed by atoms with E-state index in [0.29, 0.717) is 0 Å². The van der Waals surface area contributed by atoms with Crippen LogP contribution >= 0.6 is 0 Å².